The summed E-state index contributed by atoms with van der Waals surface area (Å²) in [6, 6.07) is 9.29. The smallest absolute Gasteiger partial charge is 0.115 e. The van der Waals surface area contributed by atoms with Gasteiger partial charge < -0.3 is 5.11 Å². The van der Waals surface area contributed by atoms with E-state index >= 15 is 0 Å². The molecule has 0 bridgehead atoms. The molecule has 2 nitrogen and oxygen atoms in total. The lowest BCUT2D eigenvalue weighted by Gasteiger charge is -2.10. The van der Waals surface area contributed by atoms with Crippen molar-refractivity contribution in [2.75, 3.05) is 0 Å². The fourth-order valence-electron chi connectivity index (χ4n) is 1.58. The summed E-state index contributed by atoms with van der Waals surface area (Å²) in [4.78, 5) is 0. The second-order valence-corrected chi connectivity index (χ2v) is 3.54. The predicted octanol–water partition coefficient (Wildman–Crippen LogP) is 3.90. The predicted molar refractivity (Wildman–Crippen MR) is 70.3 cm³/mol. The van der Waals surface area contributed by atoms with Crippen LogP contribution in [-0.2, 0) is 0 Å². The first-order valence-electron chi connectivity index (χ1n) is 5.87. The van der Waals surface area contributed by atoms with Gasteiger partial charge in [0.2, 0.25) is 0 Å². The van der Waals surface area contributed by atoms with E-state index in [1.807, 2.05) is 38.1 Å². The van der Waals surface area contributed by atoms with Crippen molar-refractivity contribution in [2.45, 2.75) is 20.3 Å². The summed E-state index contributed by atoms with van der Waals surface area (Å²) < 4.78 is 0. The monoisotopic (exact) mass is 227 g/mol. The highest BCUT2D eigenvalue weighted by Gasteiger charge is 2.08. The number of hydrogen-bond donors (Lipinski definition) is 1. The van der Waals surface area contributed by atoms with Crippen LogP contribution < -0.4 is 0 Å². The van der Waals surface area contributed by atoms with E-state index < -0.39 is 0 Å². The first-order chi connectivity index (χ1) is 8.29. The SMILES string of the molecule is CC.N#CC1C=CC(c2ccc(O)cc2)=CC1. The Morgan fingerprint density at radius 1 is 1.24 bits per heavy atom. The van der Waals surface area contributed by atoms with E-state index in [0.29, 0.717) is 0 Å². The van der Waals surface area contributed by atoms with Gasteiger partial charge in [-0.1, -0.05) is 44.2 Å². The molecule has 0 saturated heterocycles. The van der Waals surface area contributed by atoms with Gasteiger partial charge >= 0.3 is 0 Å². The lowest BCUT2D eigenvalue weighted by Crippen LogP contribution is -1.95. The molecule has 0 radical (unpaired) electrons. The van der Waals surface area contributed by atoms with Gasteiger partial charge in [-0.3, -0.25) is 0 Å². The Morgan fingerprint density at radius 2 is 1.88 bits per heavy atom. The summed E-state index contributed by atoms with van der Waals surface area (Å²) in [6.45, 7) is 4.00. The Bertz CT molecular complexity index is 449. The highest BCUT2D eigenvalue weighted by molar-refractivity contribution is 5.75. The average Bonchev–Trinajstić information content (AvgIpc) is 2.42. The molecule has 0 saturated carbocycles. The number of hydrogen-bond acceptors (Lipinski definition) is 2. The molecule has 0 fully saturated rings. The Labute approximate surface area is 103 Å². The van der Waals surface area contributed by atoms with Crippen molar-refractivity contribution >= 4 is 5.57 Å². The third-order valence-electron chi connectivity index (χ3n) is 2.47. The fraction of sp³-hybridized carbons (Fsp3) is 0.267. The van der Waals surface area contributed by atoms with E-state index in [4.69, 9.17) is 10.4 Å². The van der Waals surface area contributed by atoms with Gasteiger partial charge in [0.05, 0.1) is 12.0 Å². The van der Waals surface area contributed by atoms with Gasteiger partial charge in [0.25, 0.3) is 0 Å². The molecule has 2 heteroatoms. The molecular weight excluding hydrogens is 210 g/mol. The van der Waals surface area contributed by atoms with Crippen LogP contribution in [0.2, 0.25) is 0 Å². The number of nitrogens with zero attached hydrogens (tertiary/aromatic N) is 1. The van der Waals surface area contributed by atoms with Gasteiger partial charge in [-0.05, 0) is 29.7 Å². The summed E-state index contributed by atoms with van der Waals surface area (Å²) >= 11 is 0. The van der Waals surface area contributed by atoms with E-state index in [9.17, 15) is 0 Å². The molecule has 1 aliphatic rings. The van der Waals surface area contributed by atoms with Crippen molar-refractivity contribution in [1.29, 1.82) is 5.26 Å². The van der Waals surface area contributed by atoms with Crippen molar-refractivity contribution in [2.24, 2.45) is 5.92 Å². The first kappa shape index (κ1) is 13.1. The summed E-state index contributed by atoms with van der Waals surface area (Å²) in [5.41, 5.74) is 2.18. The summed E-state index contributed by atoms with van der Waals surface area (Å²) in [6.07, 6.45) is 6.70. The maximum Gasteiger partial charge on any atom is 0.115 e. The molecule has 88 valence electrons. The molecule has 1 aromatic rings. The van der Waals surface area contributed by atoms with Gasteiger partial charge in [-0.2, -0.15) is 5.26 Å². The topological polar surface area (TPSA) is 44.0 Å². The zero-order chi connectivity index (χ0) is 12.7. The molecule has 0 aliphatic heterocycles. The number of aromatic hydroxyl groups is 1. The highest BCUT2D eigenvalue weighted by Crippen LogP contribution is 2.24. The molecule has 1 N–H and O–H groups in total. The average molecular weight is 227 g/mol. The van der Waals surface area contributed by atoms with Crippen LogP contribution in [0.4, 0.5) is 0 Å². The van der Waals surface area contributed by atoms with Crippen molar-refractivity contribution in [3.63, 3.8) is 0 Å². The molecule has 0 spiro atoms. The molecule has 2 rings (SSSR count). The van der Waals surface area contributed by atoms with Crippen LogP contribution in [-0.4, -0.2) is 5.11 Å². The van der Waals surface area contributed by atoms with Crippen molar-refractivity contribution in [1.82, 2.24) is 0 Å². The number of phenolic OH excluding ortho intramolecular Hbond substituents is 1. The minimum atomic E-state index is 0.00543. The number of nitriles is 1. The summed E-state index contributed by atoms with van der Waals surface area (Å²) in [5.74, 6) is 0.278. The van der Waals surface area contributed by atoms with E-state index in [0.717, 1.165) is 17.6 Å². The second kappa shape index (κ2) is 6.55. The molecular formula is C15H17NO. The Kier molecular flexibility index (Phi) is 5.03. The quantitative estimate of drug-likeness (QED) is 0.790. The van der Waals surface area contributed by atoms with E-state index in [2.05, 4.69) is 12.1 Å². The largest absolute Gasteiger partial charge is 0.508 e. The maximum absolute atomic E-state index is 9.15. The summed E-state index contributed by atoms with van der Waals surface area (Å²) in [5, 5.41) is 17.9. The van der Waals surface area contributed by atoms with Crippen LogP contribution in [0.5, 0.6) is 5.75 Å². The lowest BCUT2D eigenvalue weighted by atomic mass is 9.94. The zero-order valence-electron chi connectivity index (χ0n) is 10.2. The van der Waals surface area contributed by atoms with Crippen molar-refractivity contribution < 1.29 is 5.11 Å². The molecule has 1 atom stereocenters. The summed E-state index contributed by atoms with van der Waals surface area (Å²) in [7, 11) is 0. The molecule has 0 aromatic heterocycles. The minimum Gasteiger partial charge on any atom is -0.508 e. The number of allylic oxidation sites excluding steroid dienone is 4. The maximum atomic E-state index is 9.15. The molecule has 0 amide bonds. The van der Waals surface area contributed by atoms with Gasteiger partial charge in [0.15, 0.2) is 0 Å². The zero-order valence-corrected chi connectivity index (χ0v) is 10.2. The van der Waals surface area contributed by atoms with Crippen LogP contribution in [0.3, 0.4) is 0 Å². The Morgan fingerprint density at radius 3 is 2.35 bits per heavy atom. The van der Waals surface area contributed by atoms with Crippen LogP contribution in [0.15, 0.2) is 42.5 Å². The molecule has 17 heavy (non-hydrogen) atoms. The Balaban J connectivity index is 0.000000686. The van der Waals surface area contributed by atoms with E-state index in [1.54, 1.807) is 12.1 Å². The molecule has 1 unspecified atom stereocenters. The molecule has 1 aromatic carbocycles. The van der Waals surface area contributed by atoms with Crippen molar-refractivity contribution in [3.8, 4) is 11.8 Å². The van der Waals surface area contributed by atoms with Crippen LogP contribution in [0.1, 0.15) is 25.8 Å². The standard InChI is InChI=1S/C13H11NO.C2H6/c14-9-10-1-3-11(4-2-10)12-5-7-13(15)8-6-12;1-2/h1,3-8,10,15H,2H2;1-2H3. The van der Waals surface area contributed by atoms with Crippen molar-refractivity contribution in [3.05, 3.63) is 48.1 Å². The third-order valence-corrected chi connectivity index (χ3v) is 2.47. The third kappa shape index (κ3) is 3.49. The number of rotatable bonds is 1. The number of phenols is 1. The number of benzene rings is 1. The Hall–Kier alpha value is -2.01. The van der Waals surface area contributed by atoms with Gasteiger partial charge in [0.1, 0.15) is 5.75 Å². The van der Waals surface area contributed by atoms with Crippen LogP contribution in [0, 0.1) is 17.2 Å². The van der Waals surface area contributed by atoms with Crippen LogP contribution in [0.25, 0.3) is 5.57 Å². The van der Waals surface area contributed by atoms with E-state index in [-0.39, 0.29) is 11.7 Å². The lowest BCUT2D eigenvalue weighted by molar-refractivity contribution is 0.475. The van der Waals surface area contributed by atoms with Gasteiger partial charge in [-0.25, -0.2) is 0 Å². The first-order valence-corrected chi connectivity index (χ1v) is 5.87. The fourth-order valence-corrected chi connectivity index (χ4v) is 1.58. The highest BCUT2D eigenvalue weighted by atomic mass is 16.3. The molecule has 1 aliphatic carbocycles. The molecule has 0 heterocycles. The van der Waals surface area contributed by atoms with Crippen LogP contribution >= 0.6 is 0 Å². The normalized spacial score (nSPS) is 17.5. The van der Waals surface area contributed by atoms with Gasteiger partial charge in [-0.15, -0.1) is 0 Å². The van der Waals surface area contributed by atoms with E-state index in [1.165, 1.54) is 0 Å². The second-order valence-electron chi connectivity index (χ2n) is 3.54. The minimum absolute atomic E-state index is 0.00543. The van der Waals surface area contributed by atoms with Gasteiger partial charge in [0, 0.05) is 0 Å².